The third kappa shape index (κ3) is 2.70. The van der Waals surface area contributed by atoms with Gasteiger partial charge < -0.3 is 5.32 Å². The molecule has 15 heavy (non-hydrogen) atoms. The number of nitrogens with one attached hydrogen (secondary N) is 1. The summed E-state index contributed by atoms with van der Waals surface area (Å²) in [5.74, 6) is 0.564. The van der Waals surface area contributed by atoms with E-state index in [1.807, 2.05) is 7.05 Å². The number of rotatable bonds is 4. The Labute approximate surface area is 94.6 Å². The Morgan fingerprint density at radius 1 is 1.53 bits per heavy atom. The third-order valence-electron chi connectivity index (χ3n) is 3.01. The van der Waals surface area contributed by atoms with Gasteiger partial charge in [-0.15, -0.1) is 0 Å². The minimum Gasteiger partial charge on any atom is -0.316 e. The Morgan fingerprint density at radius 2 is 2.27 bits per heavy atom. The fraction of sp³-hybridized carbons (Fsp3) is 0.500. The van der Waals surface area contributed by atoms with Crippen molar-refractivity contribution in [2.24, 2.45) is 5.92 Å². The van der Waals surface area contributed by atoms with Gasteiger partial charge in [-0.25, -0.2) is 4.39 Å². The molecule has 1 saturated carbocycles. The van der Waals surface area contributed by atoms with Crippen molar-refractivity contribution < 1.29 is 4.39 Å². The van der Waals surface area contributed by atoms with Crippen LogP contribution in [0.4, 0.5) is 4.39 Å². The van der Waals surface area contributed by atoms with Crippen LogP contribution in [0.25, 0.3) is 0 Å². The first-order chi connectivity index (χ1) is 7.20. The second-order valence-corrected chi connectivity index (χ2v) is 4.61. The Morgan fingerprint density at radius 3 is 2.87 bits per heavy atom. The van der Waals surface area contributed by atoms with Gasteiger partial charge in [0.1, 0.15) is 5.82 Å². The smallest absolute Gasteiger partial charge is 0.126 e. The van der Waals surface area contributed by atoms with Crippen molar-refractivity contribution in [2.75, 3.05) is 7.05 Å². The van der Waals surface area contributed by atoms with E-state index in [0.717, 1.165) is 6.42 Å². The lowest BCUT2D eigenvalue weighted by Gasteiger charge is -2.15. The van der Waals surface area contributed by atoms with E-state index < -0.39 is 0 Å². The zero-order chi connectivity index (χ0) is 10.8. The third-order valence-corrected chi connectivity index (χ3v) is 3.24. The molecule has 0 saturated heterocycles. The van der Waals surface area contributed by atoms with Gasteiger partial charge in [0.15, 0.2) is 0 Å². The number of halogens is 2. The molecule has 0 aliphatic heterocycles. The zero-order valence-corrected chi connectivity index (χ0v) is 9.52. The van der Waals surface area contributed by atoms with Gasteiger partial charge in [0.25, 0.3) is 0 Å². The topological polar surface area (TPSA) is 12.0 Å². The summed E-state index contributed by atoms with van der Waals surface area (Å²) in [5, 5.41) is 3.86. The van der Waals surface area contributed by atoms with Gasteiger partial charge in [0, 0.05) is 11.1 Å². The standard InChI is InChI=1S/C12H15ClFN/c1-15-12(8-2-3-8)7-9-6-10(13)4-5-11(9)14/h4-6,8,12,15H,2-3,7H2,1H3. The molecule has 2 rings (SSSR count). The molecule has 1 aliphatic rings. The molecule has 1 N–H and O–H groups in total. The van der Waals surface area contributed by atoms with E-state index in [0.29, 0.717) is 22.5 Å². The minimum absolute atomic E-state index is 0.152. The summed E-state index contributed by atoms with van der Waals surface area (Å²) < 4.78 is 13.5. The highest BCUT2D eigenvalue weighted by atomic mass is 35.5. The summed E-state index contributed by atoms with van der Waals surface area (Å²) in [4.78, 5) is 0. The van der Waals surface area contributed by atoms with Gasteiger partial charge in [0.05, 0.1) is 0 Å². The lowest BCUT2D eigenvalue weighted by atomic mass is 10.0. The van der Waals surface area contributed by atoms with Crippen molar-refractivity contribution in [3.8, 4) is 0 Å². The Balaban J connectivity index is 2.11. The van der Waals surface area contributed by atoms with Gasteiger partial charge in [-0.2, -0.15) is 0 Å². The van der Waals surface area contributed by atoms with E-state index in [1.54, 1.807) is 12.1 Å². The van der Waals surface area contributed by atoms with Crippen LogP contribution in [0.3, 0.4) is 0 Å². The second kappa shape index (κ2) is 4.50. The van der Waals surface area contributed by atoms with Crippen molar-refractivity contribution >= 4 is 11.6 Å². The van der Waals surface area contributed by atoms with E-state index >= 15 is 0 Å². The Kier molecular flexibility index (Phi) is 3.27. The highest BCUT2D eigenvalue weighted by molar-refractivity contribution is 6.30. The average Bonchev–Trinajstić information content (AvgIpc) is 3.03. The molecule has 0 amide bonds. The highest BCUT2D eigenvalue weighted by Crippen LogP contribution is 2.34. The highest BCUT2D eigenvalue weighted by Gasteiger charge is 2.30. The number of likely N-dealkylation sites (N-methyl/N-ethyl adjacent to an activating group) is 1. The van der Waals surface area contributed by atoms with Crippen LogP contribution in [-0.2, 0) is 6.42 Å². The molecule has 0 heterocycles. The summed E-state index contributed by atoms with van der Waals surface area (Å²) in [5.41, 5.74) is 0.716. The van der Waals surface area contributed by atoms with Crippen molar-refractivity contribution in [3.63, 3.8) is 0 Å². The molecule has 1 aromatic rings. The minimum atomic E-state index is -0.152. The first kappa shape index (κ1) is 10.9. The lowest BCUT2D eigenvalue weighted by molar-refractivity contribution is 0.487. The summed E-state index contributed by atoms with van der Waals surface area (Å²) in [6.45, 7) is 0. The first-order valence-corrected chi connectivity index (χ1v) is 5.69. The molecular weight excluding hydrogens is 213 g/mol. The predicted molar refractivity (Wildman–Crippen MR) is 60.7 cm³/mol. The van der Waals surface area contributed by atoms with Crippen LogP contribution in [0.15, 0.2) is 18.2 Å². The predicted octanol–water partition coefficient (Wildman–Crippen LogP) is 3.02. The fourth-order valence-electron chi connectivity index (χ4n) is 1.94. The molecule has 1 atom stereocenters. The van der Waals surface area contributed by atoms with Gasteiger partial charge in [-0.1, -0.05) is 11.6 Å². The summed E-state index contributed by atoms with van der Waals surface area (Å²) in [6, 6.07) is 5.14. The fourth-order valence-corrected chi connectivity index (χ4v) is 2.13. The molecule has 0 spiro atoms. The van der Waals surface area contributed by atoms with Crippen molar-refractivity contribution in [2.45, 2.75) is 25.3 Å². The van der Waals surface area contributed by atoms with Crippen LogP contribution in [-0.4, -0.2) is 13.1 Å². The SMILES string of the molecule is CNC(Cc1cc(Cl)ccc1F)C1CC1. The molecule has 1 aliphatic carbocycles. The van der Waals surface area contributed by atoms with E-state index in [-0.39, 0.29) is 5.82 Å². The molecule has 0 bridgehead atoms. The molecule has 1 aromatic carbocycles. The van der Waals surface area contributed by atoms with Crippen LogP contribution in [0.2, 0.25) is 5.02 Å². The van der Waals surface area contributed by atoms with Gasteiger partial charge in [-0.05, 0) is 56.0 Å². The summed E-state index contributed by atoms with van der Waals surface area (Å²) in [7, 11) is 1.94. The molecule has 3 heteroatoms. The maximum Gasteiger partial charge on any atom is 0.126 e. The number of benzene rings is 1. The molecule has 1 fully saturated rings. The average molecular weight is 228 g/mol. The van der Waals surface area contributed by atoms with Crippen LogP contribution < -0.4 is 5.32 Å². The van der Waals surface area contributed by atoms with Crippen LogP contribution >= 0.6 is 11.6 Å². The maximum atomic E-state index is 13.5. The Bertz CT molecular complexity index is 349. The molecule has 0 aromatic heterocycles. The maximum absolute atomic E-state index is 13.5. The van der Waals surface area contributed by atoms with Gasteiger partial charge >= 0.3 is 0 Å². The summed E-state index contributed by atoms with van der Waals surface area (Å²) >= 11 is 5.85. The lowest BCUT2D eigenvalue weighted by Crippen LogP contribution is -2.29. The van der Waals surface area contributed by atoms with Gasteiger partial charge in [-0.3, -0.25) is 0 Å². The molecule has 1 nitrogen and oxygen atoms in total. The van der Waals surface area contributed by atoms with Crippen molar-refractivity contribution in [3.05, 3.63) is 34.6 Å². The van der Waals surface area contributed by atoms with Crippen molar-refractivity contribution in [1.82, 2.24) is 5.32 Å². The van der Waals surface area contributed by atoms with Crippen LogP contribution in [0.5, 0.6) is 0 Å². The van der Waals surface area contributed by atoms with E-state index in [4.69, 9.17) is 11.6 Å². The second-order valence-electron chi connectivity index (χ2n) is 4.17. The number of hydrogen-bond donors (Lipinski definition) is 1. The Hall–Kier alpha value is -0.600. The van der Waals surface area contributed by atoms with E-state index in [2.05, 4.69) is 5.32 Å². The molecule has 1 unspecified atom stereocenters. The van der Waals surface area contributed by atoms with Crippen LogP contribution in [0.1, 0.15) is 18.4 Å². The quantitative estimate of drug-likeness (QED) is 0.834. The first-order valence-electron chi connectivity index (χ1n) is 5.32. The number of hydrogen-bond acceptors (Lipinski definition) is 1. The van der Waals surface area contributed by atoms with Crippen LogP contribution in [0, 0.1) is 11.7 Å². The largest absolute Gasteiger partial charge is 0.316 e. The van der Waals surface area contributed by atoms with Gasteiger partial charge in [0.2, 0.25) is 0 Å². The summed E-state index contributed by atoms with van der Waals surface area (Å²) in [6.07, 6.45) is 3.24. The molecular formula is C12H15ClFN. The monoisotopic (exact) mass is 227 g/mol. The van der Waals surface area contributed by atoms with E-state index in [9.17, 15) is 4.39 Å². The van der Waals surface area contributed by atoms with Crippen molar-refractivity contribution in [1.29, 1.82) is 0 Å². The molecule has 0 radical (unpaired) electrons. The van der Waals surface area contributed by atoms with E-state index in [1.165, 1.54) is 18.9 Å². The normalized spacial score (nSPS) is 17.8. The zero-order valence-electron chi connectivity index (χ0n) is 8.76. The molecule has 82 valence electrons.